The van der Waals surface area contributed by atoms with Gasteiger partial charge >= 0.3 is 0 Å². The van der Waals surface area contributed by atoms with Crippen molar-refractivity contribution < 1.29 is 4.79 Å². The van der Waals surface area contributed by atoms with Crippen LogP contribution < -0.4 is 10.6 Å². The molecule has 1 aliphatic carbocycles. The zero-order chi connectivity index (χ0) is 10.5. The second-order valence-corrected chi connectivity index (χ2v) is 4.89. The molecule has 2 rings (SSSR count). The van der Waals surface area contributed by atoms with E-state index in [9.17, 15) is 4.79 Å². The summed E-state index contributed by atoms with van der Waals surface area (Å²) in [4.78, 5) is 11.8. The van der Waals surface area contributed by atoms with Crippen LogP contribution in [0.4, 0.5) is 0 Å². The summed E-state index contributed by atoms with van der Waals surface area (Å²) >= 11 is 0. The number of hydrogen-bond donors (Lipinski definition) is 2. The molecular formula is C12H22N2O. The van der Waals surface area contributed by atoms with E-state index in [1.54, 1.807) is 0 Å². The number of nitrogens with one attached hydrogen (secondary N) is 2. The zero-order valence-electron chi connectivity index (χ0n) is 9.43. The van der Waals surface area contributed by atoms with Crippen LogP contribution in [0.3, 0.4) is 0 Å². The molecule has 0 spiro atoms. The van der Waals surface area contributed by atoms with Crippen LogP contribution in [0.15, 0.2) is 0 Å². The molecule has 1 saturated carbocycles. The Labute approximate surface area is 92.0 Å². The van der Waals surface area contributed by atoms with E-state index >= 15 is 0 Å². The van der Waals surface area contributed by atoms with E-state index in [4.69, 9.17) is 0 Å². The molecule has 1 saturated heterocycles. The van der Waals surface area contributed by atoms with Gasteiger partial charge in [-0.1, -0.05) is 19.3 Å². The van der Waals surface area contributed by atoms with Gasteiger partial charge in [-0.15, -0.1) is 0 Å². The van der Waals surface area contributed by atoms with Crippen molar-refractivity contribution in [1.29, 1.82) is 0 Å². The number of carbonyl (C=O) groups is 1. The predicted octanol–water partition coefficient (Wildman–Crippen LogP) is 1.43. The molecule has 86 valence electrons. The fraction of sp³-hybridized carbons (Fsp3) is 0.917. The summed E-state index contributed by atoms with van der Waals surface area (Å²) in [5, 5.41) is 6.59. The molecule has 0 unspecified atom stereocenters. The van der Waals surface area contributed by atoms with Crippen LogP contribution in [0.25, 0.3) is 0 Å². The average molecular weight is 210 g/mol. The highest BCUT2D eigenvalue weighted by molar-refractivity contribution is 5.79. The summed E-state index contributed by atoms with van der Waals surface area (Å²) in [6, 6.07) is 0.374. The van der Waals surface area contributed by atoms with Gasteiger partial charge in [-0.3, -0.25) is 4.79 Å². The smallest absolute Gasteiger partial charge is 0.223 e. The Morgan fingerprint density at radius 2 is 1.93 bits per heavy atom. The standard InChI is InChI=1S/C12H22N2O/c15-12(10-5-4-6-10)14-11-7-2-1-3-8-13-9-11/h10-11,13H,1-9H2,(H,14,15)/t11-/m0/s1. The SMILES string of the molecule is O=C(N[C@H]1CCCCCNC1)C1CCC1. The molecule has 0 aromatic carbocycles. The highest BCUT2D eigenvalue weighted by Crippen LogP contribution is 2.26. The summed E-state index contributed by atoms with van der Waals surface area (Å²) in [6.45, 7) is 2.06. The topological polar surface area (TPSA) is 41.1 Å². The van der Waals surface area contributed by atoms with Crippen LogP contribution >= 0.6 is 0 Å². The van der Waals surface area contributed by atoms with E-state index in [0.717, 1.165) is 32.4 Å². The van der Waals surface area contributed by atoms with Crippen molar-refractivity contribution in [3.63, 3.8) is 0 Å². The van der Waals surface area contributed by atoms with E-state index in [0.29, 0.717) is 17.9 Å². The molecule has 0 radical (unpaired) electrons. The van der Waals surface area contributed by atoms with Gasteiger partial charge < -0.3 is 10.6 Å². The monoisotopic (exact) mass is 210 g/mol. The Hall–Kier alpha value is -0.570. The number of rotatable bonds is 2. The third kappa shape index (κ3) is 3.20. The first-order valence-electron chi connectivity index (χ1n) is 6.37. The summed E-state index contributed by atoms with van der Waals surface area (Å²) in [6.07, 6.45) is 8.42. The molecule has 2 aliphatic rings. The lowest BCUT2D eigenvalue weighted by Crippen LogP contribution is -2.46. The van der Waals surface area contributed by atoms with Crippen LogP contribution in [0, 0.1) is 5.92 Å². The molecule has 2 fully saturated rings. The maximum absolute atomic E-state index is 11.8. The van der Waals surface area contributed by atoms with Crippen LogP contribution in [0.2, 0.25) is 0 Å². The summed E-state index contributed by atoms with van der Waals surface area (Å²) < 4.78 is 0. The minimum Gasteiger partial charge on any atom is -0.352 e. The van der Waals surface area contributed by atoms with Gasteiger partial charge in [0.05, 0.1) is 0 Å². The molecule has 1 heterocycles. The van der Waals surface area contributed by atoms with Gasteiger partial charge in [-0.2, -0.15) is 0 Å². The van der Waals surface area contributed by atoms with Crippen LogP contribution in [0.1, 0.15) is 44.9 Å². The predicted molar refractivity (Wildman–Crippen MR) is 60.6 cm³/mol. The molecule has 0 aromatic rings. The second kappa shape index (κ2) is 5.50. The third-order valence-corrected chi connectivity index (χ3v) is 3.62. The lowest BCUT2D eigenvalue weighted by atomic mass is 9.84. The van der Waals surface area contributed by atoms with Crippen molar-refractivity contribution in [2.24, 2.45) is 5.92 Å². The molecule has 1 amide bonds. The van der Waals surface area contributed by atoms with Gasteiger partial charge in [-0.25, -0.2) is 0 Å². The Kier molecular flexibility index (Phi) is 4.01. The Bertz CT molecular complexity index is 206. The molecule has 3 nitrogen and oxygen atoms in total. The van der Waals surface area contributed by atoms with Crippen molar-refractivity contribution in [1.82, 2.24) is 10.6 Å². The minimum atomic E-state index is 0.300. The molecule has 15 heavy (non-hydrogen) atoms. The molecule has 0 bridgehead atoms. The Balaban J connectivity index is 1.73. The molecule has 0 aromatic heterocycles. The van der Waals surface area contributed by atoms with Crippen LogP contribution in [-0.2, 0) is 4.79 Å². The first-order chi connectivity index (χ1) is 7.36. The average Bonchev–Trinajstić information content (AvgIpc) is 2.06. The van der Waals surface area contributed by atoms with E-state index in [2.05, 4.69) is 10.6 Å². The van der Waals surface area contributed by atoms with Crippen LogP contribution in [-0.4, -0.2) is 25.0 Å². The normalized spacial score (nSPS) is 28.7. The highest BCUT2D eigenvalue weighted by atomic mass is 16.2. The van der Waals surface area contributed by atoms with Gasteiger partial charge in [-0.05, 0) is 32.2 Å². The van der Waals surface area contributed by atoms with E-state index in [1.165, 1.54) is 25.7 Å². The molecule has 2 N–H and O–H groups in total. The first kappa shape index (κ1) is 10.9. The molecular weight excluding hydrogens is 188 g/mol. The second-order valence-electron chi connectivity index (χ2n) is 4.89. The largest absolute Gasteiger partial charge is 0.352 e. The quantitative estimate of drug-likeness (QED) is 0.724. The van der Waals surface area contributed by atoms with E-state index in [1.807, 2.05) is 0 Å². The van der Waals surface area contributed by atoms with Gasteiger partial charge in [0, 0.05) is 18.5 Å². The van der Waals surface area contributed by atoms with Crippen molar-refractivity contribution in [3.8, 4) is 0 Å². The molecule has 1 aliphatic heterocycles. The summed E-state index contributed by atoms with van der Waals surface area (Å²) in [5.41, 5.74) is 0. The molecule has 1 atom stereocenters. The van der Waals surface area contributed by atoms with Gasteiger partial charge in [0.15, 0.2) is 0 Å². The minimum absolute atomic E-state index is 0.300. The summed E-state index contributed by atoms with van der Waals surface area (Å²) in [5.74, 6) is 0.629. The Morgan fingerprint density at radius 1 is 1.07 bits per heavy atom. The van der Waals surface area contributed by atoms with E-state index < -0.39 is 0 Å². The van der Waals surface area contributed by atoms with Crippen molar-refractivity contribution in [2.75, 3.05) is 13.1 Å². The van der Waals surface area contributed by atoms with E-state index in [-0.39, 0.29) is 0 Å². The first-order valence-corrected chi connectivity index (χ1v) is 6.37. The third-order valence-electron chi connectivity index (χ3n) is 3.62. The number of hydrogen-bond acceptors (Lipinski definition) is 2. The van der Waals surface area contributed by atoms with Crippen molar-refractivity contribution in [2.45, 2.75) is 51.0 Å². The van der Waals surface area contributed by atoms with Gasteiger partial charge in [0.25, 0.3) is 0 Å². The summed E-state index contributed by atoms with van der Waals surface area (Å²) in [7, 11) is 0. The lowest BCUT2D eigenvalue weighted by Gasteiger charge is -2.28. The fourth-order valence-electron chi connectivity index (χ4n) is 2.31. The maximum atomic E-state index is 11.8. The lowest BCUT2D eigenvalue weighted by molar-refractivity contribution is -0.128. The highest BCUT2D eigenvalue weighted by Gasteiger charge is 2.26. The fourth-order valence-corrected chi connectivity index (χ4v) is 2.31. The molecule has 3 heteroatoms. The number of amides is 1. The van der Waals surface area contributed by atoms with Gasteiger partial charge in [0.2, 0.25) is 5.91 Å². The van der Waals surface area contributed by atoms with Gasteiger partial charge in [0.1, 0.15) is 0 Å². The zero-order valence-corrected chi connectivity index (χ0v) is 9.43. The Morgan fingerprint density at radius 3 is 2.67 bits per heavy atom. The van der Waals surface area contributed by atoms with Crippen molar-refractivity contribution in [3.05, 3.63) is 0 Å². The van der Waals surface area contributed by atoms with Crippen LogP contribution in [0.5, 0.6) is 0 Å². The van der Waals surface area contributed by atoms with Crippen molar-refractivity contribution >= 4 is 5.91 Å². The number of carbonyl (C=O) groups excluding carboxylic acids is 1. The maximum Gasteiger partial charge on any atom is 0.223 e.